The smallest absolute Gasteiger partial charge is 0.257 e. The van der Waals surface area contributed by atoms with Crippen LogP contribution in [0.25, 0.3) is 0 Å². The highest BCUT2D eigenvalue weighted by Crippen LogP contribution is 2.26. The molecule has 0 aliphatic rings. The summed E-state index contributed by atoms with van der Waals surface area (Å²) in [5.41, 5.74) is -0.0595. The fourth-order valence-corrected chi connectivity index (χ4v) is 1.35. The summed E-state index contributed by atoms with van der Waals surface area (Å²) in [7, 11) is 3.28. The number of hydrogen-bond donors (Lipinski definition) is 1. The van der Waals surface area contributed by atoms with E-state index in [9.17, 15) is 9.90 Å². The summed E-state index contributed by atoms with van der Waals surface area (Å²) in [5.74, 6) is 0.251. The first-order valence-corrected chi connectivity index (χ1v) is 5.44. The van der Waals surface area contributed by atoms with Crippen molar-refractivity contribution in [3.05, 3.63) is 23.8 Å². The standard InChI is InChI=1S/C13H19NO3/c1-13(2,3)17-9-6-7-10(11(15)8-9)12(16)14(4)5/h6-8,15H,1-5H3. The van der Waals surface area contributed by atoms with Crippen molar-refractivity contribution < 1.29 is 14.6 Å². The van der Waals surface area contributed by atoms with Crippen LogP contribution in [-0.2, 0) is 0 Å². The number of hydrogen-bond acceptors (Lipinski definition) is 3. The predicted octanol–water partition coefficient (Wildman–Crippen LogP) is 2.27. The number of nitrogens with zero attached hydrogens (tertiary/aromatic N) is 1. The molecule has 0 spiro atoms. The van der Waals surface area contributed by atoms with Crippen molar-refractivity contribution in [2.45, 2.75) is 26.4 Å². The Labute approximate surface area is 102 Å². The average molecular weight is 237 g/mol. The van der Waals surface area contributed by atoms with E-state index in [1.165, 1.54) is 11.0 Å². The molecule has 0 unspecified atom stereocenters. The molecule has 4 heteroatoms. The summed E-state index contributed by atoms with van der Waals surface area (Å²) in [6.45, 7) is 5.76. The van der Waals surface area contributed by atoms with Crippen molar-refractivity contribution in [3.8, 4) is 11.5 Å². The van der Waals surface area contributed by atoms with Gasteiger partial charge in [0.05, 0.1) is 5.56 Å². The quantitative estimate of drug-likeness (QED) is 0.858. The van der Waals surface area contributed by atoms with Crippen molar-refractivity contribution in [1.82, 2.24) is 4.90 Å². The number of benzene rings is 1. The normalized spacial score (nSPS) is 11.1. The first kappa shape index (κ1) is 13.4. The Balaban J connectivity index is 2.98. The largest absolute Gasteiger partial charge is 0.507 e. The van der Waals surface area contributed by atoms with Crippen LogP contribution in [0.5, 0.6) is 11.5 Å². The summed E-state index contributed by atoms with van der Waals surface area (Å²) in [6, 6.07) is 4.71. The maximum atomic E-state index is 11.7. The van der Waals surface area contributed by atoms with E-state index in [0.717, 1.165) is 0 Å². The van der Waals surface area contributed by atoms with Crippen LogP contribution in [0.4, 0.5) is 0 Å². The fourth-order valence-electron chi connectivity index (χ4n) is 1.35. The van der Waals surface area contributed by atoms with Gasteiger partial charge >= 0.3 is 0 Å². The van der Waals surface area contributed by atoms with Crippen molar-refractivity contribution in [1.29, 1.82) is 0 Å². The molecule has 0 aliphatic heterocycles. The molecule has 0 bridgehead atoms. The van der Waals surface area contributed by atoms with E-state index in [1.807, 2.05) is 20.8 Å². The second-order valence-corrected chi connectivity index (χ2v) is 5.09. The topological polar surface area (TPSA) is 49.8 Å². The minimum atomic E-state index is -0.334. The van der Waals surface area contributed by atoms with E-state index in [4.69, 9.17) is 4.74 Å². The molecule has 1 aromatic rings. The lowest BCUT2D eigenvalue weighted by molar-refractivity contribution is 0.0824. The molecule has 0 saturated heterocycles. The van der Waals surface area contributed by atoms with E-state index < -0.39 is 0 Å². The van der Waals surface area contributed by atoms with Crippen LogP contribution < -0.4 is 4.74 Å². The molecule has 0 aliphatic carbocycles. The van der Waals surface area contributed by atoms with Gasteiger partial charge in [0.2, 0.25) is 0 Å². The Bertz CT molecular complexity index is 419. The molecule has 1 N–H and O–H groups in total. The van der Waals surface area contributed by atoms with Crippen LogP contribution in [0.2, 0.25) is 0 Å². The Morgan fingerprint density at radius 2 is 1.88 bits per heavy atom. The minimum absolute atomic E-state index is 0.0644. The summed E-state index contributed by atoms with van der Waals surface area (Å²) in [4.78, 5) is 13.1. The van der Waals surface area contributed by atoms with Crippen LogP contribution in [0.1, 0.15) is 31.1 Å². The van der Waals surface area contributed by atoms with E-state index in [2.05, 4.69) is 0 Å². The number of amides is 1. The van der Waals surface area contributed by atoms with E-state index >= 15 is 0 Å². The fraction of sp³-hybridized carbons (Fsp3) is 0.462. The molecule has 1 amide bonds. The van der Waals surface area contributed by atoms with Crippen LogP contribution in [0.3, 0.4) is 0 Å². The van der Waals surface area contributed by atoms with Gasteiger partial charge in [0.15, 0.2) is 0 Å². The SMILES string of the molecule is CN(C)C(=O)c1ccc(OC(C)(C)C)cc1O. The molecular weight excluding hydrogens is 218 g/mol. The Kier molecular flexibility index (Phi) is 3.66. The number of phenolic OH excluding ortho intramolecular Hbond substituents is 1. The molecule has 4 nitrogen and oxygen atoms in total. The van der Waals surface area contributed by atoms with Gasteiger partial charge in [-0.15, -0.1) is 0 Å². The van der Waals surface area contributed by atoms with Gasteiger partial charge in [-0.25, -0.2) is 0 Å². The first-order valence-electron chi connectivity index (χ1n) is 5.44. The Hall–Kier alpha value is -1.71. The highest BCUT2D eigenvalue weighted by atomic mass is 16.5. The molecule has 0 heterocycles. The maximum Gasteiger partial charge on any atom is 0.257 e. The number of aromatic hydroxyl groups is 1. The zero-order valence-corrected chi connectivity index (χ0v) is 10.9. The van der Waals surface area contributed by atoms with Crippen LogP contribution in [-0.4, -0.2) is 35.6 Å². The lowest BCUT2D eigenvalue weighted by atomic mass is 10.1. The zero-order valence-electron chi connectivity index (χ0n) is 10.9. The van der Waals surface area contributed by atoms with Crippen LogP contribution >= 0.6 is 0 Å². The Morgan fingerprint density at radius 1 is 1.29 bits per heavy atom. The molecule has 0 radical (unpaired) electrons. The zero-order chi connectivity index (χ0) is 13.2. The second kappa shape index (κ2) is 4.65. The molecular formula is C13H19NO3. The third-order valence-electron chi connectivity index (χ3n) is 2.03. The lowest BCUT2D eigenvalue weighted by Gasteiger charge is -2.21. The van der Waals surface area contributed by atoms with Crippen molar-refractivity contribution in [2.24, 2.45) is 0 Å². The summed E-state index contributed by atoms with van der Waals surface area (Å²) in [5, 5.41) is 9.78. The molecule has 1 aromatic carbocycles. The second-order valence-electron chi connectivity index (χ2n) is 5.09. The van der Waals surface area contributed by atoms with E-state index in [1.54, 1.807) is 26.2 Å². The number of carbonyl (C=O) groups excluding carboxylic acids is 1. The van der Waals surface area contributed by atoms with Crippen molar-refractivity contribution in [3.63, 3.8) is 0 Å². The molecule has 0 aromatic heterocycles. The third-order valence-corrected chi connectivity index (χ3v) is 2.03. The van der Waals surface area contributed by atoms with Crippen molar-refractivity contribution >= 4 is 5.91 Å². The molecule has 0 atom stereocenters. The van der Waals surface area contributed by atoms with Gasteiger partial charge in [-0.05, 0) is 32.9 Å². The lowest BCUT2D eigenvalue weighted by Crippen LogP contribution is -2.23. The van der Waals surface area contributed by atoms with E-state index in [-0.39, 0.29) is 22.8 Å². The number of carbonyl (C=O) groups is 1. The predicted molar refractivity (Wildman–Crippen MR) is 66.5 cm³/mol. The number of phenols is 1. The van der Waals surface area contributed by atoms with Crippen molar-refractivity contribution in [2.75, 3.05) is 14.1 Å². The van der Waals surface area contributed by atoms with Crippen LogP contribution in [0, 0.1) is 0 Å². The number of rotatable bonds is 2. The minimum Gasteiger partial charge on any atom is -0.507 e. The summed E-state index contributed by atoms with van der Waals surface area (Å²) in [6.07, 6.45) is 0. The van der Waals surface area contributed by atoms with Gasteiger partial charge in [0, 0.05) is 20.2 Å². The number of ether oxygens (including phenoxy) is 1. The molecule has 0 fully saturated rings. The van der Waals surface area contributed by atoms with Crippen LogP contribution in [0.15, 0.2) is 18.2 Å². The molecule has 1 rings (SSSR count). The highest BCUT2D eigenvalue weighted by molar-refractivity contribution is 5.96. The van der Waals surface area contributed by atoms with Gasteiger partial charge < -0.3 is 14.7 Å². The maximum absolute atomic E-state index is 11.7. The van der Waals surface area contributed by atoms with Gasteiger partial charge in [-0.2, -0.15) is 0 Å². The average Bonchev–Trinajstić information content (AvgIpc) is 2.14. The molecule has 94 valence electrons. The monoisotopic (exact) mass is 237 g/mol. The summed E-state index contributed by atoms with van der Waals surface area (Å²) >= 11 is 0. The Morgan fingerprint density at radius 3 is 2.29 bits per heavy atom. The van der Waals surface area contributed by atoms with Gasteiger partial charge in [-0.3, -0.25) is 4.79 Å². The van der Waals surface area contributed by atoms with E-state index in [0.29, 0.717) is 5.75 Å². The summed E-state index contributed by atoms with van der Waals surface area (Å²) < 4.78 is 5.59. The third kappa shape index (κ3) is 3.66. The first-order chi connectivity index (χ1) is 7.70. The van der Waals surface area contributed by atoms with Gasteiger partial charge in [0.25, 0.3) is 5.91 Å². The van der Waals surface area contributed by atoms with Gasteiger partial charge in [-0.1, -0.05) is 0 Å². The highest BCUT2D eigenvalue weighted by Gasteiger charge is 2.16. The molecule has 0 saturated carbocycles. The molecule has 17 heavy (non-hydrogen) atoms. The van der Waals surface area contributed by atoms with Gasteiger partial charge in [0.1, 0.15) is 17.1 Å².